The molecular weight excluding hydrogens is 256 g/mol. The van der Waals surface area contributed by atoms with E-state index in [1.807, 2.05) is 31.2 Å². The van der Waals surface area contributed by atoms with E-state index in [0.29, 0.717) is 5.88 Å². The Morgan fingerprint density at radius 2 is 1.87 bits per heavy atom. The molecule has 0 amide bonds. The van der Waals surface area contributed by atoms with Crippen molar-refractivity contribution in [2.24, 2.45) is 0 Å². The minimum atomic E-state index is 0.560. The van der Waals surface area contributed by atoms with Gasteiger partial charge in [-0.1, -0.05) is 15.9 Å². The lowest BCUT2D eigenvalue weighted by Crippen LogP contribution is -1.90. The molecule has 4 heteroatoms. The summed E-state index contributed by atoms with van der Waals surface area (Å²) < 4.78 is 6.56. The van der Waals surface area contributed by atoms with E-state index in [2.05, 4.69) is 25.9 Å². The van der Waals surface area contributed by atoms with Crippen LogP contribution in [0, 0.1) is 6.92 Å². The van der Waals surface area contributed by atoms with Crippen LogP contribution in [0.25, 0.3) is 0 Å². The molecule has 0 aliphatic heterocycles. The van der Waals surface area contributed by atoms with Gasteiger partial charge in [-0.2, -0.15) is 0 Å². The number of ether oxygens (including phenoxy) is 1. The fourth-order valence-corrected chi connectivity index (χ4v) is 1.37. The van der Waals surface area contributed by atoms with Crippen molar-refractivity contribution in [1.82, 2.24) is 9.97 Å². The molecule has 0 bridgehead atoms. The molecule has 1 aromatic heterocycles. The monoisotopic (exact) mass is 264 g/mol. The molecule has 0 N–H and O–H groups in total. The van der Waals surface area contributed by atoms with Crippen molar-refractivity contribution in [3.8, 4) is 11.6 Å². The van der Waals surface area contributed by atoms with Crippen molar-refractivity contribution in [3.63, 3.8) is 0 Å². The van der Waals surface area contributed by atoms with Gasteiger partial charge in [-0.3, -0.25) is 0 Å². The van der Waals surface area contributed by atoms with Crippen LogP contribution in [0.3, 0.4) is 0 Å². The Morgan fingerprint density at radius 3 is 2.53 bits per heavy atom. The van der Waals surface area contributed by atoms with Crippen molar-refractivity contribution in [2.45, 2.75) is 6.92 Å². The first-order valence-corrected chi connectivity index (χ1v) is 5.25. The van der Waals surface area contributed by atoms with Crippen LogP contribution in [0.2, 0.25) is 0 Å². The lowest BCUT2D eigenvalue weighted by molar-refractivity contribution is 0.460. The summed E-state index contributed by atoms with van der Waals surface area (Å²) in [5.74, 6) is 1.32. The Labute approximate surface area is 96.3 Å². The highest BCUT2D eigenvalue weighted by Crippen LogP contribution is 2.21. The highest BCUT2D eigenvalue weighted by molar-refractivity contribution is 9.10. The van der Waals surface area contributed by atoms with Crippen LogP contribution in [0.5, 0.6) is 11.6 Å². The lowest BCUT2D eigenvalue weighted by atomic mass is 10.3. The largest absolute Gasteiger partial charge is 0.439 e. The summed E-state index contributed by atoms with van der Waals surface area (Å²) in [4.78, 5) is 8.01. The molecule has 0 fully saturated rings. The van der Waals surface area contributed by atoms with E-state index in [1.54, 1.807) is 6.07 Å². The van der Waals surface area contributed by atoms with Crippen LogP contribution < -0.4 is 4.74 Å². The molecular formula is C11H9BrN2O. The fraction of sp³-hybridized carbons (Fsp3) is 0.0909. The van der Waals surface area contributed by atoms with Gasteiger partial charge in [-0.15, -0.1) is 0 Å². The van der Waals surface area contributed by atoms with Gasteiger partial charge in [0.2, 0.25) is 5.88 Å². The average molecular weight is 265 g/mol. The van der Waals surface area contributed by atoms with Gasteiger partial charge in [-0.25, -0.2) is 9.97 Å². The minimum absolute atomic E-state index is 0.560. The summed E-state index contributed by atoms with van der Waals surface area (Å²) >= 11 is 3.36. The van der Waals surface area contributed by atoms with Gasteiger partial charge >= 0.3 is 0 Å². The second kappa shape index (κ2) is 4.40. The number of hydrogen-bond acceptors (Lipinski definition) is 3. The van der Waals surface area contributed by atoms with Gasteiger partial charge in [-0.05, 0) is 31.2 Å². The topological polar surface area (TPSA) is 35.0 Å². The van der Waals surface area contributed by atoms with Crippen molar-refractivity contribution >= 4 is 15.9 Å². The zero-order valence-electron chi connectivity index (χ0n) is 8.14. The van der Waals surface area contributed by atoms with E-state index in [0.717, 1.165) is 15.9 Å². The predicted molar refractivity (Wildman–Crippen MR) is 61.0 cm³/mol. The molecule has 0 aliphatic rings. The van der Waals surface area contributed by atoms with Gasteiger partial charge in [0.05, 0.1) is 0 Å². The summed E-state index contributed by atoms with van der Waals surface area (Å²) in [6.07, 6.45) is 1.49. The number of benzene rings is 1. The van der Waals surface area contributed by atoms with Crippen LogP contribution in [-0.4, -0.2) is 9.97 Å². The lowest BCUT2D eigenvalue weighted by Gasteiger charge is -2.04. The predicted octanol–water partition coefficient (Wildman–Crippen LogP) is 3.34. The summed E-state index contributed by atoms with van der Waals surface area (Å²) in [5, 5.41) is 0. The number of halogens is 1. The van der Waals surface area contributed by atoms with E-state index in [1.165, 1.54) is 6.33 Å². The molecule has 76 valence electrons. The van der Waals surface area contributed by atoms with Gasteiger partial charge in [0.15, 0.2) is 0 Å². The maximum atomic E-state index is 5.54. The van der Waals surface area contributed by atoms with E-state index in [4.69, 9.17) is 4.74 Å². The normalized spacial score (nSPS) is 10.0. The van der Waals surface area contributed by atoms with Crippen molar-refractivity contribution in [3.05, 3.63) is 46.8 Å². The van der Waals surface area contributed by atoms with E-state index in [-0.39, 0.29) is 0 Å². The Bertz CT molecular complexity index is 456. The summed E-state index contributed by atoms with van der Waals surface area (Å²) in [7, 11) is 0. The standard InChI is InChI=1S/C11H9BrN2O/c1-8-6-11(14-7-13-8)15-10-4-2-9(12)3-5-10/h2-7H,1H3. The number of aromatic nitrogens is 2. The molecule has 1 aromatic carbocycles. The van der Waals surface area contributed by atoms with Crippen molar-refractivity contribution in [2.75, 3.05) is 0 Å². The second-order valence-electron chi connectivity index (χ2n) is 3.05. The zero-order chi connectivity index (χ0) is 10.7. The smallest absolute Gasteiger partial charge is 0.222 e. The van der Waals surface area contributed by atoms with Crippen LogP contribution >= 0.6 is 15.9 Å². The minimum Gasteiger partial charge on any atom is -0.439 e. The number of hydrogen-bond donors (Lipinski definition) is 0. The molecule has 0 atom stereocenters. The average Bonchev–Trinajstić information content (AvgIpc) is 2.22. The Hall–Kier alpha value is -1.42. The Balaban J connectivity index is 2.18. The Morgan fingerprint density at radius 1 is 1.13 bits per heavy atom. The van der Waals surface area contributed by atoms with Crippen LogP contribution in [0.4, 0.5) is 0 Å². The van der Waals surface area contributed by atoms with E-state index < -0.39 is 0 Å². The summed E-state index contributed by atoms with van der Waals surface area (Å²) in [6, 6.07) is 9.39. The maximum absolute atomic E-state index is 5.54. The first-order chi connectivity index (χ1) is 7.24. The molecule has 0 saturated carbocycles. The molecule has 1 heterocycles. The Kier molecular flexibility index (Phi) is 2.97. The summed E-state index contributed by atoms with van der Waals surface area (Å²) in [6.45, 7) is 1.90. The SMILES string of the molecule is Cc1cc(Oc2ccc(Br)cc2)ncn1. The molecule has 3 nitrogen and oxygen atoms in total. The van der Waals surface area contributed by atoms with Gasteiger partial charge in [0, 0.05) is 16.2 Å². The molecule has 0 saturated heterocycles. The molecule has 2 aromatic rings. The molecule has 0 radical (unpaired) electrons. The molecule has 15 heavy (non-hydrogen) atoms. The maximum Gasteiger partial charge on any atom is 0.222 e. The first-order valence-electron chi connectivity index (χ1n) is 4.46. The zero-order valence-corrected chi connectivity index (χ0v) is 9.73. The third kappa shape index (κ3) is 2.76. The first kappa shape index (κ1) is 10.1. The van der Waals surface area contributed by atoms with Crippen LogP contribution in [-0.2, 0) is 0 Å². The molecule has 0 aliphatic carbocycles. The van der Waals surface area contributed by atoms with Gasteiger partial charge in [0.1, 0.15) is 12.1 Å². The quantitative estimate of drug-likeness (QED) is 0.835. The number of rotatable bonds is 2. The summed E-state index contributed by atoms with van der Waals surface area (Å²) in [5.41, 5.74) is 0.886. The van der Waals surface area contributed by atoms with Gasteiger partial charge < -0.3 is 4.74 Å². The second-order valence-corrected chi connectivity index (χ2v) is 3.97. The van der Waals surface area contributed by atoms with E-state index >= 15 is 0 Å². The van der Waals surface area contributed by atoms with E-state index in [9.17, 15) is 0 Å². The number of nitrogens with zero attached hydrogens (tertiary/aromatic N) is 2. The third-order valence-electron chi connectivity index (χ3n) is 1.81. The fourth-order valence-electron chi connectivity index (χ4n) is 1.11. The van der Waals surface area contributed by atoms with Gasteiger partial charge in [0.25, 0.3) is 0 Å². The molecule has 0 spiro atoms. The van der Waals surface area contributed by atoms with Crippen LogP contribution in [0.1, 0.15) is 5.69 Å². The molecule has 0 unspecified atom stereocenters. The highest BCUT2D eigenvalue weighted by Gasteiger charge is 1.98. The van der Waals surface area contributed by atoms with Crippen LogP contribution in [0.15, 0.2) is 41.1 Å². The third-order valence-corrected chi connectivity index (χ3v) is 2.34. The van der Waals surface area contributed by atoms with Crippen molar-refractivity contribution < 1.29 is 4.74 Å². The highest BCUT2D eigenvalue weighted by atomic mass is 79.9. The number of aryl methyl sites for hydroxylation is 1. The van der Waals surface area contributed by atoms with Crippen molar-refractivity contribution in [1.29, 1.82) is 0 Å². The molecule has 2 rings (SSSR count).